The standard InChI is InChI=1S/C12H18O5.C3H4O2/c13-6-7-15-8-9-16-10-12(14)17-11-4-2-1-3-5-11;1-2-3(4)5/h1-5,12-14H,6-10H2;2H,1H2,(H,4,5). The Bertz CT molecular complexity index is 394. The summed E-state index contributed by atoms with van der Waals surface area (Å²) >= 11 is 0. The minimum atomic E-state index is -0.991. The van der Waals surface area contributed by atoms with Gasteiger partial charge in [0.1, 0.15) is 12.4 Å². The van der Waals surface area contributed by atoms with E-state index in [0.29, 0.717) is 25.6 Å². The van der Waals surface area contributed by atoms with E-state index in [9.17, 15) is 9.90 Å². The molecule has 0 spiro atoms. The number of hydrogen-bond acceptors (Lipinski definition) is 6. The summed E-state index contributed by atoms with van der Waals surface area (Å²) in [7, 11) is 0. The van der Waals surface area contributed by atoms with Crippen LogP contribution in [0.25, 0.3) is 0 Å². The van der Waals surface area contributed by atoms with Crippen molar-refractivity contribution in [2.75, 3.05) is 33.0 Å². The Balaban J connectivity index is 0.000000763. The van der Waals surface area contributed by atoms with Crippen LogP contribution in [-0.2, 0) is 14.3 Å². The number of carboxylic acid groups (broad SMARTS) is 1. The topological polar surface area (TPSA) is 105 Å². The van der Waals surface area contributed by atoms with Crippen LogP contribution in [0.4, 0.5) is 0 Å². The van der Waals surface area contributed by atoms with E-state index < -0.39 is 12.3 Å². The summed E-state index contributed by atoms with van der Waals surface area (Å²) in [6.45, 7) is 4.08. The Kier molecular flexibility index (Phi) is 12.8. The summed E-state index contributed by atoms with van der Waals surface area (Å²) in [6.07, 6.45) is -0.157. The summed E-state index contributed by atoms with van der Waals surface area (Å²) in [5.74, 6) is -0.384. The molecule has 1 unspecified atom stereocenters. The Hall–Kier alpha value is -1.93. The number of aliphatic hydroxyl groups is 2. The predicted molar refractivity (Wildman–Crippen MR) is 79.6 cm³/mol. The van der Waals surface area contributed by atoms with Gasteiger partial charge in [0.25, 0.3) is 0 Å². The number of carbonyl (C=O) groups is 1. The predicted octanol–water partition coefficient (Wildman–Crippen LogP) is 0.666. The van der Waals surface area contributed by atoms with Crippen LogP contribution in [0, 0.1) is 0 Å². The lowest BCUT2D eigenvalue weighted by atomic mass is 10.3. The first-order valence-corrected chi connectivity index (χ1v) is 6.61. The molecule has 1 aromatic carbocycles. The van der Waals surface area contributed by atoms with Crippen molar-refractivity contribution < 1.29 is 34.3 Å². The molecule has 0 aromatic heterocycles. The Morgan fingerprint density at radius 3 is 2.32 bits per heavy atom. The molecule has 0 saturated heterocycles. The molecule has 0 aliphatic rings. The van der Waals surface area contributed by atoms with Crippen LogP contribution < -0.4 is 4.74 Å². The number of benzene rings is 1. The van der Waals surface area contributed by atoms with E-state index in [4.69, 9.17) is 24.4 Å². The SMILES string of the molecule is C=CC(=O)O.OCCOCCOCC(O)Oc1ccccc1. The first kappa shape index (κ1) is 20.1. The maximum absolute atomic E-state index is 9.48. The lowest BCUT2D eigenvalue weighted by Gasteiger charge is -2.13. The number of aliphatic hydroxyl groups excluding tert-OH is 2. The molecule has 22 heavy (non-hydrogen) atoms. The van der Waals surface area contributed by atoms with Gasteiger partial charge in [-0.1, -0.05) is 24.8 Å². The van der Waals surface area contributed by atoms with Crippen LogP contribution in [0.15, 0.2) is 43.0 Å². The number of carboxylic acids is 1. The number of hydrogen-bond donors (Lipinski definition) is 3. The van der Waals surface area contributed by atoms with E-state index in [2.05, 4.69) is 6.58 Å². The van der Waals surface area contributed by atoms with Crippen molar-refractivity contribution in [1.29, 1.82) is 0 Å². The summed E-state index contributed by atoms with van der Waals surface area (Å²) in [5, 5.41) is 25.5. The van der Waals surface area contributed by atoms with Crippen LogP contribution in [0.2, 0.25) is 0 Å². The van der Waals surface area contributed by atoms with Crippen LogP contribution in [-0.4, -0.2) is 60.6 Å². The second-order valence-electron chi connectivity index (χ2n) is 3.84. The van der Waals surface area contributed by atoms with Crippen LogP contribution in [0.5, 0.6) is 5.75 Å². The molecule has 1 aromatic rings. The van der Waals surface area contributed by atoms with Crippen molar-refractivity contribution >= 4 is 5.97 Å². The average Bonchev–Trinajstić information content (AvgIpc) is 2.52. The first-order valence-electron chi connectivity index (χ1n) is 6.61. The first-order chi connectivity index (χ1) is 10.6. The molecule has 0 fully saturated rings. The quantitative estimate of drug-likeness (QED) is 0.331. The van der Waals surface area contributed by atoms with Gasteiger partial charge in [0.15, 0.2) is 0 Å². The second kappa shape index (κ2) is 14.0. The number of ether oxygens (including phenoxy) is 3. The van der Waals surface area contributed by atoms with Crippen LogP contribution >= 0.6 is 0 Å². The normalized spacial score (nSPS) is 11.0. The molecule has 0 saturated carbocycles. The third-order valence-electron chi connectivity index (χ3n) is 2.06. The fourth-order valence-electron chi connectivity index (χ4n) is 1.16. The van der Waals surface area contributed by atoms with Crippen molar-refractivity contribution in [1.82, 2.24) is 0 Å². The van der Waals surface area contributed by atoms with Crippen molar-refractivity contribution in [2.24, 2.45) is 0 Å². The molecule has 1 rings (SSSR count). The van der Waals surface area contributed by atoms with Gasteiger partial charge in [0.05, 0.1) is 26.4 Å². The van der Waals surface area contributed by atoms with Gasteiger partial charge in [0.2, 0.25) is 6.29 Å². The zero-order valence-corrected chi connectivity index (χ0v) is 12.3. The zero-order valence-electron chi connectivity index (χ0n) is 12.3. The fraction of sp³-hybridized carbons (Fsp3) is 0.400. The van der Waals surface area contributed by atoms with E-state index in [1.54, 1.807) is 12.1 Å². The van der Waals surface area contributed by atoms with Gasteiger partial charge < -0.3 is 29.5 Å². The van der Waals surface area contributed by atoms with E-state index in [1.165, 1.54) is 0 Å². The zero-order chi connectivity index (χ0) is 16.6. The minimum absolute atomic E-state index is 0.000255. The fourth-order valence-corrected chi connectivity index (χ4v) is 1.16. The van der Waals surface area contributed by atoms with E-state index in [1.807, 2.05) is 18.2 Å². The highest BCUT2D eigenvalue weighted by molar-refractivity contribution is 5.78. The molecule has 124 valence electrons. The molecular weight excluding hydrogens is 292 g/mol. The summed E-state index contributed by atoms with van der Waals surface area (Å²) in [5.41, 5.74) is 0. The van der Waals surface area contributed by atoms with Gasteiger partial charge in [0, 0.05) is 6.08 Å². The number of aliphatic carboxylic acids is 1. The van der Waals surface area contributed by atoms with Gasteiger partial charge >= 0.3 is 5.97 Å². The Morgan fingerprint density at radius 1 is 1.18 bits per heavy atom. The van der Waals surface area contributed by atoms with E-state index in [-0.39, 0.29) is 13.2 Å². The average molecular weight is 314 g/mol. The van der Waals surface area contributed by atoms with Crippen molar-refractivity contribution in [2.45, 2.75) is 6.29 Å². The van der Waals surface area contributed by atoms with Gasteiger partial charge in [-0.2, -0.15) is 0 Å². The van der Waals surface area contributed by atoms with E-state index in [0.717, 1.165) is 6.08 Å². The highest BCUT2D eigenvalue weighted by atomic mass is 16.6. The Morgan fingerprint density at radius 2 is 1.77 bits per heavy atom. The monoisotopic (exact) mass is 314 g/mol. The Labute approximate surface area is 129 Å². The van der Waals surface area contributed by atoms with Gasteiger partial charge in [-0.15, -0.1) is 0 Å². The van der Waals surface area contributed by atoms with Crippen LogP contribution in [0.1, 0.15) is 0 Å². The van der Waals surface area contributed by atoms with Crippen molar-refractivity contribution in [3.8, 4) is 5.75 Å². The largest absolute Gasteiger partial charge is 0.478 e. The molecule has 0 aliphatic carbocycles. The summed E-state index contributed by atoms with van der Waals surface area (Å²) in [6, 6.07) is 9.03. The molecule has 7 heteroatoms. The molecule has 1 atom stereocenters. The molecule has 3 N–H and O–H groups in total. The molecule has 7 nitrogen and oxygen atoms in total. The highest BCUT2D eigenvalue weighted by Crippen LogP contribution is 2.09. The minimum Gasteiger partial charge on any atom is -0.478 e. The van der Waals surface area contributed by atoms with Gasteiger partial charge in [-0.3, -0.25) is 0 Å². The van der Waals surface area contributed by atoms with E-state index >= 15 is 0 Å². The third kappa shape index (κ3) is 13.1. The number of rotatable bonds is 10. The van der Waals surface area contributed by atoms with Crippen molar-refractivity contribution in [3.05, 3.63) is 43.0 Å². The third-order valence-corrected chi connectivity index (χ3v) is 2.06. The lowest BCUT2D eigenvalue weighted by Crippen LogP contribution is -2.23. The maximum atomic E-state index is 9.48. The molecule has 0 heterocycles. The summed E-state index contributed by atoms with van der Waals surface area (Å²) in [4.78, 5) is 9.25. The molecule has 0 bridgehead atoms. The van der Waals surface area contributed by atoms with Crippen LogP contribution in [0.3, 0.4) is 0 Å². The lowest BCUT2D eigenvalue weighted by molar-refractivity contribution is -0.131. The smallest absolute Gasteiger partial charge is 0.327 e. The highest BCUT2D eigenvalue weighted by Gasteiger charge is 2.05. The maximum Gasteiger partial charge on any atom is 0.327 e. The molecular formula is C15H22O7. The van der Waals surface area contributed by atoms with Crippen molar-refractivity contribution in [3.63, 3.8) is 0 Å². The van der Waals surface area contributed by atoms with Gasteiger partial charge in [-0.25, -0.2) is 4.79 Å². The molecule has 0 amide bonds. The molecule has 0 aliphatic heterocycles. The number of para-hydroxylation sites is 1. The molecule has 0 radical (unpaired) electrons. The van der Waals surface area contributed by atoms with Gasteiger partial charge in [-0.05, 0) is 12.1 Å². The summed E-state index contributed by atoms with van der Waals surface area (Å²) < 4.78 is 15.3. The second-order valence-corrected chi connectivity index (χ2v) is 3.84.